The average molecular weight is 348 g/mol. The molecule has 0 unspecified atom stereocenters. The smallest absolute Gasteiger partial charge is 0.271 e. The first kappa shape index (κ1) is 16.3. The van der Waals surface area contributed by atoms with Gasteiger partial charge in [-0.3, -0.25) is 18.8 Å². The zero-order valence-electron chi connectivity index (χ0n) is 13.3. The number of rotatable bonds is 7. The Labute approximate surface area is 144 Å². The minimum Gasteiger partial charge on any atom is -0.351 e. The number of halogens is 1. The van der Waals surface area contributed by atoms with Gasteiger partial charge in [-0.15, -0.1) is 0 Å². The maximum Gasteiger partial charge on any atom is 0.271 e. The van der Waals surface area contributed by atoms with Crippen molar-refractivity contribution in [1.29, 1.82) is 0 Å². The van der Waals surface area contributed by atoms with Gasteiger partial charge in [0.25, 0.3) is 5.91 Å². The number of hydrogen-bond donors (Lipinski definition) is 1. The molecule has 0 spiro atoms. The highest BCUT2D eigenvalue weighted by molar-refractivity contribution is 6.31. The third-order valence-electron chi connectivity index (χ3n) is 3.46. The van der Waals surface area contributed by atoms with Gasteiger partial charge < -0.3 is 5.32 Å². The molecule has 3 rings (SSSR count). The summed E-state index contributed by atoms with van der Waals surface area (Å²) in [7, 11) is 0. The van der Waals surface area contributed by atoms with Crippen LogP contribution in [0.4, 0.5) is 0 Å². The molecular weight excluding hydrogens is 330 g/mol. The van der Waals surface area contributed by atoms with E-state index in [0.29, 0.717) is 30.5 Å². The van der Waals surface area contributed by atoms with Crippen LogP contribution in [0.1, 0.15) is 22.6 Å². The fourth-order valence-electron chi connectivity index (χ4n) is 2.24. The normalized spacial score (nSPS) is 10.9. The predicted octanol–water partition coefficient (Wildman–Crippen LogP) is 1.56. The van der Waals surface area contributed by atoms with Crippen LogP contribution in [0.2, 0.25) is 5.02 Å². The molecule has 8 nitrogen and oxygen atoms in total. The number of carbonyl (C=O) groups excluding carboxylic acids is 1. The average Bonchev–Trinajstić information content (AvgIpc) is 3.28. The summed E-state index contributed by atoms with van der Waals surface area (Å²) < 4.78 is 5.17. The molecule has 24 heavy (non-hydrogen) atoms. The van der Waals surface area contributed by atoms with Crippen LogP contribution in [0.15, 0.2) is 36.9 Å². The Kier molecular flexibility index (Phi) is 4.95. The first-order chi connectivity index (χ1) is 11.6. The van der Waals surface area contributed by atoms with Crippen molar-refractivity contribution < 1.29 is 4.79 Å². The van der Waals surface area contributed by atoms with E-state index < -0.39 is 0 Å². The Bertz CT molecular complexity index is 786. The molecule has 0 fully saturated rings. The maximum atomic E-state index is 12.1. The van der Waals surface area contributed by atoms with E-state index in [2.05, 4.69) is 20.6 Å². The van der Waals surface area contributed by atoms with Crippen LogP contribution in [0.5, 0.6) is 0 Å². The van der Waals surface area contributed by atoms with Gasteiger partial charge in [-0.1, -0.05) is 11.6 Å². The molecule has 0 bridgehead atoms. The van der Waals surface area contributed by atoms with Crippen molar-refractivity contribution in [1.82, 2.24) is 34.7 Å². The Balaban J connectivity index is 1.44. The number of aryl methyl sites for hydroxylation is 2. The van der Waals surface area contributed by atoms with E-state index in [4.69, 9.17) is 11.6 Å². The molecule has 3 heterocycles. The summed E-state index contributed by atoms with van der Waals surface area (Å²) in [5, 5.41) is 16.1. The molecule has 1 N–H and O–H groups in total. The van der Waals surface area contributed by atoms with E-state index >= 15 is 0 Å². The fraction of sp³-hybridized carbons (Fsp3) is 0.333. The topological polar surface area (TPSA) is 82.6 Å². The molecule has 0 aromatic carbocycles. The monoisotopic (exact) mass is 347 g/mol. The van der Waals surface area contributed by atoms with E-state index in [1.807, 2.05) is 19.2 Å². The molecule has 0 saturated heterocycles. The van der Waals surface area contributed by atoms with Crippen molar-refractivity contribution in [3.8, 4) is 0 Å². The molecule has 0 radical (unpaired) electrons. The van der Waals surface area contributed by atoms with Crippen LogP contribution in [0.25, 0.3) is 0 Å². The molecule has 0 aliphatic heterocycles. The van der Waals surface area contributed by atoms with Crippen molar-refractivity contribution in [2.75, 3.05) is 6.54 Å². The number of nitrogens with one attached hydrogen (secondary N) is 1. The SMILES string of the molecule is Cc1nn(CCCNC(=O)c2ccn(Cn3cccn3)n2)cc1Cl. The quantitative estimate of drug-likeness (QED) is 0.657. The van der Waals surface area contributed by atoms with E-state index in [-0.39, 0.29) is 5.91 Å². The number of amides is 1. The molecule has 0 saturated carbocycles. The molecule has 0 aliphatic carbocycles. The largest absolute Gasteiger partial charge is 0.351 e. The summed E-state index contributed by atoms with van der Waals surface area (Å²) in [4.78, 5) is 12.1. The Hall–Kier alpha value is -2.61. The summed E-state index contributed by atoms with van der Waals surface area (Å²) in [6, 6.07) is 3.53. The first-order valence-electron chi connectivity index (χ1n) is 7.60. The van der Waals surface area contributed by atoms with Crippen molar-refractivity contribution >= 4 is 17.5 Å². The minimum absolute atomic E-state index is 0.191. The van der Waals surface area contributed by atoms with E-state index in [1.165, 1.54) is 0 Å². The molecular formula is C15H18ClN7O. The summed E-state index contributed by atoms with van der Waals surface area (Å²) in [6.45, 7) is 3.57. The standard InChI is InChI=1S/C15H18ClN7O/c1-12-13(16)10-21(19-12)7-2-5-17-15(24)14-4-9-23(20-14)11-22-8-3-6-18-22/h3-4,6,8-10H,2,5,7,11H2,1H3,(H,17,24). The highest BCUT2D eigenvalue weighted by Gasteiger charge is 2.09. The number of aromatic nitrogens is 6. The zero-order valence-corrected chi connectivity index (χ0v) is 14.0. The fourth-order valence-corrected chi connectivity index (χ4v) is 2.39. The van der Waals surface area contributed by atoms with E-state index in [1.54, 1.807) is 38.7 Å². The van der Waals surface area contributed by atoms with Crippen LogP contribution < -0.4 is 5.32 Å². The van der Waals surface area contributed by atoms with Gasteiger partial charge in [-0.05, 0) is 25.5 Å². The van der Waals surface area contributed by atoms with Gasteiger partial charge in [0.1, 0.15) is 12.4 Å². The number of nitrogens with zero attached hydrogens (tertiary/aromatic N) is 6. The third-order valence-corrected chi connectivity index (χ3v) is 3.83. The number of carbonyl (C=O) groups is 1. The van der Waals surface area contributed by atoms with Gasteiger partial charge in [-0.2, -0.15) is 15.3 Å². The Morgan fingerprint density at radius 2 is 2.12 bits per heavy atom. The lowest BCUT2D eigenvalue weighted by atomic mass is 10.3. The van der Waals surface area contributed by atoms with Gasteiger partial charge >= 0.3 is 0 Å². The molecule has 1 amide bonds. The van der Waals surface area contributed by atoms with Gasteiger partial charge in [-0.25, -0.2) is 0 Å². The van der Waals surface area contributed by atoms with Gasteiger partial charge in [0, 0.05) is 37.9 Å². The second-order valence-corrected chi connectivity index (χ2v) is 5.77. The third kappa shape index (κ3) is 4.02. The zero-order chi connectivity index (χ0) is 16.9. The van der Waals surface area contributed by atoms with Crippen molar-refractivity contribution in [3.05, 3.63) is 53.3 Å². The lowest BCUT2D eigenvalue weighted by molar-refractivity contribution is 0.0946. The maximum absolute atomic E-state index is 12.1. The molecule has 9 heteroatoms. The van der Waals surface area contributed by atoms with Crippen molar-refractivity contribution in [2.24, 2.45) is 0 Å². The predicted molar refractivity (Wildman–Crippen MR) is 88.8 cm³/mol. The van der Waals surface area contributed by atoms with Crippen LogP contribution in [0, 0.1) is 6.92 Å². The van der Waals surface area contributed by atoms with Crippen molar-refractivity contribution in [3.63, 3.8) is 0 Å². The highest BCUT2D eigenvalue weighted by atomic mass is 35.5. The second-order valence-electron chi connectivity index (χ2n) is 5.36. The molecule has 0 aliphatic rings. The van der Waals surface area contributed by atoms with Crippen LogP contribution in [0.3, 0.4) is 0 Å². The van der Waals surface area contributed by atoms with E-state index in [9.17, 15) is 4.79 Å². The molecule has 3 aromatic heterocycles. The Morgan fingerprint density at radius 3 is 2.83 bits per heavy atom. The summed E-state index contributed by atoms with van der Waals surface area (Å²) in [6.07, 6.45) is 7.84. The summed E-state index contributed by atoms with van der Waals surface area (Å²) in [5.74, 6) is -0.191. The van der Waals surface area contributed by atoms with Gasteiger partial charge in [0.2, 0.25) is 0 Å². The van der Waals surface area contributed by atoms with Crippen LogP contribution in [-0.4, -0.2) is 41.8 Å². The summed E-state index contributed by atoms with van der Waals surface area (Å²) >= 11 is 5.96. The van der Waals surface area contributed by atoms with Crippen LogP contribution in [-0.2, 0) is 13.2 Å². The van der Waals surface area contributed by atoms with E-state index in [0.717, 1.165) is 12.1 Å². The number of hydrogen-bond acceptors (Lipinski definition) is 4. The molecule has 3 aromatic rings. The lowest BCUT2D eigenvalue weighted by Crippen LogP contribution is -2.26. The van der Waals surface area contributed by atoms with Gasteiger partial charge in [0.15, 0.2) is 0 Å². The minimum atomic E-state index is -0.191. The molecule has 126 valence electrons. The van der Waals surface area contributed by atoms with Crippen molar-refractivity contribution in [2.45, 2.75) is 26.6 Å². The Morgan fingerprint density at radius 1 is 1.25 bits per heavy atom. The molecule has 0 atom stereocenters. The first-order valence-corrected chi connectivity index (χ1v) is 7.98. The lowest BCUT2D eigenvalue weighted by Gasteiger charge is -2.04. The van der Waals surface area contributed by atoms with Gasteiger partial charge in [0.05, 0.1) is 10.7 Å². The highest BCUT2D eigenvalue weighted by Crippen LogP contribution is 2.11. The summed E-state index contributed by atoms with van der Waals surface area (Å²) in [5.41, 5.74) is 1.20. The second kappa shape index (κ2) is 7.31. The van der Waals surface area contributed by atoms with Crippen LogP contribution >= 0.6 is 11.6 Å².